The molecule has 1 saturated heterocycles. The molecular weight excluding hydrogens is 675 g/mol. The standard InChI is InChI=1S/C33H43IN4O6/c1-6-22-17-33(22,34)37-29(39)27-16-25(43-30-26-11-10-23(42-5)15-21(26)12-13-35-30)18-38(27)31(40)28(19(2)3)36-32(41)44-24-9-7-8-20(4)14-24/h6,10-13,15,19-20,22,24-25,27-28H,1,7-9,14,16-18H2,2-5H3,(H,36,41)(H,37,39)/t20-,22-,24+,25-,27+,28+,33-/m1/s1. The van der Waals surface area contributed by atoms with E-state index >= 15 is 0 Å². The number of benzene rings is 1. The lowest BCUT2D eigenvalue weighted by Crippen LogP contribution is -2.56. The Morgan fingerprint density at radius 2 is 1.98 bits per heavy atom. The number of pyridine rings is 1. The summed E-state index contributed by atoms with van der Waals surface area (Å²) in [6.45, 7) is 9.95. The largest absolute Gasteiger partial charge is 0.497 e. The van der Waals surface area contributed by atoms with Gasteiger partial charge in [-0.3, -0.25) is 9.59 Å². The normalized spacial score (nSPS) is 28.7. The molecule has 2 saturated carbocycles. The van der Waals surface area contributed by atoms with Crippen LogP contribution < -0.4 is 20.1 Å². The minimum Gasteiger partial charge on any atom is -0.497 e. The molecule has 7 atom stereocenters. The number of fused-ring (bicyclic) bond motifs is 1. The van der Waals surface area contributed by atoms with Crippen molar-refractivity contribution in [3.8, 4) is 11.6 Å². The average Bonchev–Trinajstić information content (AvgIpc) is 3.44. The predicted molar refractivity (Wildman–Crippen MR) is 176 cm³/mol. The highest BCUT2D eigenvalue weighted by Crippen LogP contribution is 2.50. The van der Waals surface area contributed by atoms with Crippen LogP contribution >= 0.6 is 22.6 Å². The van der Waals surface area contributed by atoms with Crippen molar-refractivity contribution in [2.24, 2.45) is 17.8 Å². The van der Waals surface area contributed by atoms with Crippen LogP contribution in [0.25, 0.3) is 10.8 Å². The van der Waals surface area contributed by atoms with E-state index in [2.05, 4.69) is 51.7 Å². The number of halogens is 1. The number of aromatic nitrogens is 1. The van der Waals surface area contributed by atoms with Gasteiger partial charge in [0.15, 0.2) is 0 Å². The molecule has 3 amide bonds. The third-order valence-corrected chi connectivity index (χ3v) is 10.5. The van der Waals surface area contributed by atoms with Gasteiger partial charge in [-0.05, 0) is 67.2 Å². The lowest BCUT2D eigenvalue weighted by atomic mass is 9.89. The van der Waals surface area contributed by atoms with Crippen LogP contribution in [0.1, 0.15) is 59.3 Å². The lowest BCUT2D eigenvalue weighted by molar-refractivity contribution is -0.141. The highest BCUT2D eigenvalue weighted by atomic mass is 127. The van der Waals surface area contributed by atoms with Gasteiger partial charge in [0.1, 0.15) is 30.0 Å². The Hall–Kier alpha value is -3.09. The molecule has 2 N–H and O–H groups in total. The Kier molecular flexibility index (Phi) is 9.91. The molecule has 44 heavy (non-hydrogen) atoms. The number of alkyl carbamates (subject to hydrolysis) is 1. The Bertz CT molecular complexity index is 1400. The summed E-state index contributed by atoms with van der Waals surface area (Å²) in [7, 11) is 1.61. The van der Waals surface area contributed by atoms with Crippen LogP contribution in [0, 0.1) is 17.8 Å². The summed E-state index contributed by atoms with van der Waals surface area (Å²) in [6.07, 6.45) is 7.12. The van der Waals surface area contributed by atoms with Crippen LogP contribution in [-0.2, 0) is 14.3 Å². The molecule has 238 valence electrons. The minimum atomic E-state index is -0.865. The summed E-state index contributed by atoms with van der Waals surface area (Å²) in [5.41, 5.74) is 0. The van der Waals surface area contributed by atoms with E-state index < -0.39 is 27.8 Å². The SMILES string of the molecule is C=C[C@@H]1C[C@@]1(I)NC(=O)[C@@H]1C[C@@H](Oc2nccc3cc(OC)ccc23)CN1C(=O)[C@@H](NC(=O)O[C@H]1CCC[C@@H](C)C1)C(C)C. The van der Waals surface area contributed by atoms with Crippen molar-refractivity contribution >= 4 is 51.3 Å². The van der Waals surface area contributed by atoms with E-state index in [0.717, 1.165) is 48.6 Å². The van der Waals surface area contributed by atoms with Crippen molar-refractivity contribution < 1.29 is 28.6 Å². The number of methoxy groups -OCH3 is 1. The number of nitrogens with one attached hydrogen (secondary N) is 2. The zero-order valence-corrected chi connectivity index (χ0v) is 28.0. The van der Waals surface area contributed by atoms with Gasteiger partial charge in [-0.15, -0.1) is 6.58 Å². The molecule has 11 heteroatoms. The number of nitrogens with zero attached hydrogens (tertiary/aromatic N) is 2. The van der Waals surface area contributed by atoms with Gasteiger partial charge in [0.05, 0.1) is 17.2 Å². The second-order valence-corrected chi connectivity index (χ2v) is 14.7. The monoisotopic (exact) mass is 718 g/mol. The van der Waals surface area contributed by atoms with Crippen molar-refractivity contribution in [3.05, 3.63) is 43.1 Å². The minimum absolute atomic E-state index is 0.158. The Morgan fingerprint density at radius 1 is 1.18 bits per heavy atom. The third-order valence-electron chi connectivity index (χ3n) is 8.99. The van der Waals surface area contributed by atoms with Crippen molar-refractivity contribution in [2.75, 3.05) is 13.7 Å². The van der Waals surface area contributed by atoms with E-state index in [4.69, 9.17) is 14.2 Å². The molecule has 1 aliphatic heterocycles. The van der Waals surface area contributed by atoms with Crippen LogP contribution in [0.3, 0.4) is 0 Å². The van der Waals surface area contributed by atoms with E-state index in [9.17, 15) is 14.4 Å². The molecule has 2 aromatic rings. The third kappa shape index (κ3) is 7.24. The highest BCUT2D eigenvalue weighted by Gasteiger charge is 2.54. The molecule has 3 aliphatic rings. The highest BCUT2D eigenvalue weighted by molar-refractivity contribution is 14.1. The van der Waals surface area contributed by atoms with Crippen LogP contribution in [0.4, 0.5) is 4.79 Å². The first-order chi connectivity index (χ1) is 21.0. The quantitative estimate of drug-likeness (QED) is 0.147. The summed E-state index contributed by atoms with van der Waals surface area (Å²) in [5, 5.41) is 7.67. The Balaban J connectivity index is 1.34. The van der Waals surface area contributed by atoms with Gasteiger partial charge in [0.2, 0.25) is 17.7 Å². The molecule has 10 nitrogen and oxygen atoms in total. The van der Waals surface area contributed by atoms with Gasteiger partial charge in [-0.2, -0.15) is 0 Å². The van der Waals surface area contributed by atoms with E-state index in [-0.39, 0.29) is 42.7 Å². The Morgan fingerprint density at radius 3 is 2.66 bits per heavy atom. The molecule has 0 spiro atoms. The molecular formula is C33H43IN4O6. The molecule has 0 radical (unpaired) electrons. The molecule has 0 unspecified atom stereocenters. The second kappa shape index (κ2) is 13.5. The summed E-state index contributed by atoms with van der Waals surface area (Å²) in [6, 6.07) is 5.87. The van der Waals surface area contributed by atoms with E-state index in [1.807, 2.05) is 44.2 Å². The zero-order valence-electron chi connectivity index (χ0n) is 25.9. The summed E-state index contributed by atoms with van der Waals surface area (Å²) < 4.78 is 17.1. The fourth-order valence-electron chi connectivity index (χ4n) is 6.34. The Labute approximate surface area is 272 Å². The van der Waals surface area contributed by atoms with Crippen LogP contribution in [0.5, 0.6) is 11.6 Å². The van der Waals surface area contributed by atoms with E-state index in [0.29, 0.717) is 11.8 Å². The molecule has 1 aromatic carbocycles. The maximum absolute atomic E-state index is 14.1. The van der Waals surface area contributed by atoms with E-state index in [1.165, 1.54) is 0 Å². The number of alkyl halides is 1. The number of hydrogen-bond donors (Lipinski definition) is 2. The number of likely N-dealkylation sites (tertiary alicyclic amines) is 1. The maximum atomic E-state index is 14.1. The van der Waals surface area contributed by atoms with Crippen molar-refractivity contribution in [2.45, 2.75) is 87.1 Å². The van der Waals surface area contributed by atoms with E-state index in [1.54, 1.807) is 18.2 Å². The van der Waals surface area contributed by atoms with Crippen molar-refractivity contribution in [1.29, 1.82) is 0 Å². The first-order valence-corrected chi connectivity index (χ1v) is 16.6. The van der Waals surface area contributed by atoms with Gasteiger partial charge in [-0.1, -0.05) is 55.9 Å². The van der Waals surface area contributed by atoms with Crippen molar-refractivity contribution in [1.82, 2.24) is 20.5 Å². The average molecular weight is 719 g/mol. The molecule has 5 rings (SSSR count). The fourth-order valence-corrected chi connectivity index (χ4v) is 7.33. The van der Waals surface area contributed by atoms with Gasteiger partial charge in [-0.25, -0.2) is 9.78 Å². The zero-order chi connectivity index (χ0) is 31.6. The molecule has 2 aliphatic carbocycles. The number of rotatable bonds is 10. The number of ether oxygens (including phenoxy) is 3. The number of hydrogen-bond acceptors (Lipinski definition) is 7. The van der Waals surface area contributed by atoms with Crippen LogP contribution in [0.2, 0.25) is 0 Å². The van der Waals surface area contributed by atoms with Crippen molar-refractivity contribution in [3.63, 3.8) is 0 Å². The maximum Gasteiger partial charge on any atom is 0.408 e. The molecule has 0 bridgehead atoms. The first kappa shape index (κ1) is 32.3. The number of carbonyl (C=O) groups excluding carboxylic acids is 3. The van der Waals surface area contributed by atoms with Crippen LogP contribution in [-0.4, -0.2) is 69.3 Å². The predicted octanol–water partition coefficient (Wildman–Crippen LogP) is 5.37. The van der Waals surface area contributed by atoms with Gasteiger partial charge in [0, 0.05) is 23.9 Å². The summed E-state index contributed by atoms with van der Waals surface area (Å²) in [5.74, 6) is 0.989. The summed E-state index contributed by atoms with van der Waals surface area (Å²) >= 11 is 2.25. The number of carbonyl (C=O) groups is 3. The molecule has 1 aromatic heterocycles. The topological polar surface area (TPSA) is 119 Å². The van der Waals surface area contributed by atoms with Gasteiger partial charge in [0.25, 0.3) is 0 Å². The van der Waals surface area contributed by atoms with Crippen LogP contribution in [0.15, 0.2) is 43.1 Å². The number of amides is 3. The molecule has 3 fully saturated rings. The second-order valence-electron chi connectivity index (χ2n) is 12.7. The fraction of sp³-hybridized carbons (Fsp3) is 0.576. The lowest BCUT2D eigenvalue weighted by Gasteiger charge is -2.31. The smallest absolute Gasteiger partial charge is 0.408 e. The molecule has 2 heterocycles. The summed E-state index contributed by atoms with van der Waals surface area (Å²) in [4.78, 5) is 46.8. The van der Waals surface area contributed by atoms with Gasteiger partial charge < -0.3 is 29.7 Å². The van der Waals surface area contributed by atoms with Gasteiger partial charge >= 0.3 is 6.09 Å². The first-order valence-electron chi connectivity index (χ1n) is 15.5.